The number of carbonyl (C=O) groups is 1. The molecule has 0 aliphatic carbocycles. The Morgan fingerprint density at radius 2 is 2.11 bits per heavy atom. The van der Waals surface area contributed by atoms with Gasteiger partial charge in [0.1, 0.15) is 35.0 Å². The van der Waals surface area contributed by atoms with E-state index >= 15 is 0 Å². The predicted octanol–water partition coefficient (Wildman–Crippen LogP) is 2.46. The van der Waals surface area contributed by atoms with Crippen molar-refractivity contribution in [3.63, 3.8) is 0 Å². The molecule has 4 heterocycles. The summed E-state index contributed by atoms with van der Waals surface area (Å²) in [7, 11) is 0. The van der Waals surface area contributed by atoms with E-state index < -0.39 is 17.8 Å². The highest BCUT2D eigenvalue weighted by atomic mass is 19.4. The molecule has 0 aromatic carbocycles. The monoisotopic (exact) mass is 378 g/mol. The van der Waals surface area contributed by atoms with Crippen LogP contribution in [0, 0.1) is 0 Å². The number of hydrogen-bond donors (Lipinski definition) is 2. The molecule has 0 saturated carbocycles. The highest BCUT2D eigenvalue weighted by molar-refractivity contribution is 5.96. The van der Waals surface area contributed by atoms with Gasteiger partial charge in [0.15, 0.2) is 0 Å². The molecule has 1 aliphatic heterocycles. The van der Waals surface area contributed by atoms with E-state index in [1.165, 1.54) is 12.4 Å². The molecular formula is C16H13F3N6O2. The van der Waals surface area contributed by atoms with Crippen LogP contribution in [0.4, 0.5) is 19.0 Å². The summed E-state index contributed by atoms with van der Waals surface area (Å²) in [5, 5.41) is 9.67. The Morgan fingerprint density at radius 3 is 2.85 bits per heavy atom. The topological polar surface area (TPSA) is 108 Å². The van der Waals surface area contributed by atoms with E-state index in [0.29, 0.717) is 36.4 Å². The van der Waals surface area contributed by atoms with Crippen LogP contribution in [0.1, 0.15) is 34.3 Å². The van der Waals surface area contributed by atoms with Crippen LogP contribution in [-0.4, -0.2) is 49.1 Å². The highest BCUT2D eigenvalue weighted by Gasteiger charge is 2.35. The van der Waals surface area contributed by atoms with Crippen LogP contribution in [0.15, 0.2) is 24.7 Å². The summed E-state index contributed by atoms with van der Waals surface area (Å²) in [6.45, 7) is 0.908. The molecule has 3 aromatic rings. The number of anilines is 1. The minimum absolute atomic E-state index is 0.0105. The molecule has 1 atom stereocenters. The molecule has 1 unspecified atom stereocenters. The number of fused-ring (bicyclic) bond motifs is 1. The number of rotatable bonds is 3. The SMILES string of the molecule is O=C(O)c1cc2c(N3CCC(c4nccc(C(F)(F)F)n4)C3)ncnc2[nH]1. The summed E-state index contributed by atoms with van der Waals surface area (Å²) in [6, 6.07) is 2.29. The fourth-order valence-electron chi connectivity index (χ4n) is 3.19. The molecule has 140 valence electrons. The van der Waals surface area contributed by atoms with Gasteiger partial charge in [0.25, 0.3) is 0 Å². The molecule has 2 N–H and O–H groups in total. The van der Waals surface area contributed by atoms with Crippen LogP contribution < -0.4 is 4.90 Å². The second-order valence-corrected chi connectivity index (χ2v) is 6.18. The molecule has 4 rings (SSSR count). The number of nitrogens with zero attached hydrogens (tertiary/aromatic N) is 5. The summed E-state index contributed by atoms with van der Waals surface area (Å²) >= 11 is 0. The molecule has 27 heavy (non-hydrogen) atoms. The van der Waals surface area contributed by atoms with Gasteiger partial charge in [-0.1, -0.05) is 0 Å². The normalized spacial score (nSPS) is 17.6. The maximum absolute atomic E-state index is 12.9. The first-order chi connectivity index (χ1) is 12.8. The number of nitrogens with one attached hydrogen (secondary N) is 1. The van der Waals surface area contributed by atoms with E-state index in [4.69, 9.17) is 5.11 Å². The van der Waals surface area contributed by atoms with Gasteiger partial charge >= 0.3 is 12.1 Å². The van der Waals surface area contributed by atoms with Crippen LogP contribution in [-0.2, 0) is 6.18 Å². The van der Waals surface area contributed by atoms with Crippen molar-refractivity contribution >= 4 is 22.8 Å². The molecule has 1 aliphatic rings. The summed E-state index contributed by atoms with van der Waals surface area (Å²) in [6.07, 6.45) is -1.54. The number of alkyl halides is 3. The quantitative estimate of drug-likeness (QED) is 0.721. The minimum atomic E-state index is -4.52. The third-order valence-corrected chi connectivity index (χ3v) is 4.45. The average molecular weight is 378 g/mol. The van der Waals surface area contributed by atoms with Crippen molar-refractivity contribution in [1.82, 2.24) is 24.9 Å². The molecule has 0 radical (unpaired) electrons. The second-order valence-electron chi connectivity index (χ2n) is 6.18. The Balaban J connectivity index is 1.62. The van der Waals surface area contributed by atoms with E-state index in [1.54, 1.807) is 0 Å². The van der Waals surface area contributed by atoms with Gasteiger partial charge in [0, 0.05) is 25.2 Å². The van der Waals surface area contributed by atoms with Crippen molar-refractivity contribution in [3.05, 3.63) is 41.9 Å². The first-order valence-corrected chi connectivity index (χ1v) is 8.05. The number of carboxylic acids is 1. The Morgan fingerprint density at radius 1 is 1.30 bits per heavy atom. The largest absolute Gasteiger partial charge is 0.477 e. The number of aromatic amines is 1. The van der Waals surface area contributed by atoms with Gasteiger partial charge in [-0.05, 0) is 18.6 Å². The number of hydrogen-bond acceptors (Lipinski definition) is 6. The zero-order valence-corrected chi connectivity index (χ0v) is 13.7. The van der Waals surface area contributed by atoms with Gasteiger partial charge in [-0.25, -0.2) is 24.7 Å². The maximum atomic E-state index is 12.9. The molecular weight excluding hydrogens is 365 g/mol. The number of carboxylic acid groups (broad SMARTS) is 1. The smallest absolute Gasteiger partial charge is 0.433 e. The van der Waals surface area contributed by atoms with Crippen molar-refractivity contribution in [2.75, 3.05) is 18.0 Å². The third kappa shape index (κ3) is 3.15. The lowest BCUT2D eigenvalue weighted by Crippen LogP contribution is -2.21. The lowest BCUT2D eigenvalue weighted by molar-refractivity contribution is -0.141. The molecule has 1 fully saturated rings. The van der Waals surface area contributed by atoms with E-state index in [9.17, 15) is 18.0 Å². The Kier molecular flexibility index (Phi) is 3.93. The maximum Gasteiger partial charge on any atom is 0.433 e. The lowest BCUT2D eigenvalue weighted by atomic mass is 10.1. The van der Waals surface area contributed by atoms with E-state index in [-0.39, 0.29) is 17.4 Å². The van der Waals surface area contributed by atoms with Crippen LogP contribution in [0.5, 0.6) is 0 Å². The van der Waals surface area contributed by atoms with Crippen molar-refractivity contribution in [2.24, 2.45) is 0 Å². The molecule has 0 spiro atoms. The van der Waals surface area contributed by atoms with Crippen molar-refractivity contribution in [1.29, 1.82) is 0 Å². The fraction of sp³-hybridized carbons (Fsp3) is 0.312. The molecule has 11 heteroatoms. The minimum Gasteiger partial charge on any atom is -0.477 e. The molecule has 1 saturated heterocycles. The highest BCUT2D eigenvalue weighted by Crippen LogP contribution is 2.33. The Labute approximate surface area is 150 Å². The zero-order valence-electron chi connectivity index (χ0n) is 13.7. The standard InChI is InChI=1S/C16H13F3N6O2/c17-16(18,19)11-1-3-20-12(24-11)8-2-4-25(6-8)14-9-5-10(15(26)27)23-13(9)21-7-22-14/h1,3,5,7-8H,2,4,6H2,(H,26,27)(H,21,22,23). The molecule has 0 bridgehead atoms. The first kappa shape index (κ1) is 17.2. The lowest BCUT2D eigenvalue weighted by Gasteiger charge is -2.18. The van der Waals surface area contributed by atoms with Crippen molar-refractivity contribution in [3.8, 4) is 0 Å². The summed E-state index contributed by atoms with van der Waals surface area (Å²) in [4.78, 5) is 31.6. The van der Waals surface area contributed by atoms with Gasteiger partial charge in [-0.2, -0.15) is 13.2 Å². The van der Waals surface area contributed by atoms with Gasteiger partial charge in [0.05, 0.1) is 5.39 Å². The van der Waals surface area contributed by atoms with Crippen molar-refractivity contribution in [2.45, 2.75) is 18.5 Å². The Bertz CT molecular complexity index is 1020. The summed E-state index contributed by atoms with van der Waals surface area (Å²) in [5.41, 5.74) is -0.591. The number of halogens is 3. The zero-order chi connectivity index (χ0) is 19.2. The molecule has 0 amide bonds. The summed E-state index contributed by atoms with van der Waals surface area (Å²) in [5.74, 6) is -0.734. The van der Waals surface area contributed by atoms with Crippen LogP contribution in [0.25, 0.3) is 11.0 Å². The van der Waals surface area contributed by atoms with Crippen LogP contribution in [0.3, 0.4) is 0 Å². The van der Waals surface area contributed by atoms with Gasteiger partial charge < -0.3 is 15.0 Å². The van der Waals surface area contributed by atoms with E-state index in [0.717, 1.165) is 12.3 Å². The fourth-order valence-corrected chi connectivity index (χ4v) is 3.19. The van der Waals surface area contributed by atoms with Crippen LogP contribution in [0.2, 0.25) is 0 Å². The summed E-state index contributed by atoms with van der Waals surface area (Å²) < 4.78 is 38.6. The first-order valence-electron chi connectivity index (χ1n) is 8.05. The number of H-pyrrole nitrogens is 1. The molecule has 8 nitrogen and oxygen atoms in total. The van der Waals surface area contributed by atoms with E-state index in [2.05, 4.69) is 24.9 Å². The van der Waals surface area contributed by atoms with E-state index in [1.807, 2.05) is 4.90 Å². The van der Waals surface area contributed by atoms with Crippen molar-refractivity contribution < 1.29 is 23.1 Å². The second kappa shape index (κ2) is 6.18. The average Bonchev–Trinajstić information content (AvgIpc) is 3.28. The van der Waals surface area contributed by atoms with Gasteiger partial charge in [0.2, 0.25) is 0 Å². The number of aromatic carboxylic acids is 1. The van der Waals surface area contributed by atoms with Gasteiger partial charge in [-0.3, -0.25) is 0 Å². The van der Waals surface area contributed by atoms with Gasteiger partial charge in [-0.15, -0.1) is 0 Å². The molecule has 3 aromatic heterocycles. The third-order valence-electron chi connectivity index (χ3n) is 4.45. The number of aromatic nitrogens is 5. The Hall–Kier alpha value is -3.24. The van der Waals surface area contributed by atoms with Crippen LogP contribution >= 0.6 is 0 Å². The predicted molar refractivity (Wildman–Crippen MR) is 87.5 cm³/mol.